The van der Waals surface area contributed by atoms with E-state index in [1.807, 2.05) is 56.3 Å². The zero-order chi connectivity index (χ0) is 25.5. The third kappa shape index (κ3) is 6.83. The Morgan fingerprint density at radius 3 is 2.53 bits per heavy atom. The SMILES string of the molecule is COc1ccc(C2=NN(Cc3ccc(NC(=O)CN4CCOCC4)cc3)C(=O)CC2)cc1OC(C)C. The van der Waals surface area contributed by atoms with Crippen LogP contribution in [0, 0.1) is 0 Å². The molecule has 0 radical (unpaired) electrons. The summed E-state index contributed by atoms with van der Waals surface area (Å²) >= 11 is 0. The summed E-state index contributed by atoms with van der Waals surface area (Å²) < 4.78 is 16.6. The van der Waals surface area contributed by atoms with Gasteiger partial charge in [-0.05, 0) is 49.7 Å². The van der Waals surface area contributed by atoms with Gasteiger partial charge in [-0.3, -0.25) is 14.5 Å². The van der Waals surface area contributed by atoms with Crippen LogP contribution in [0.1, 0.15) is 37.8 Å². The Morgan fingerprint density at radius 2 is 1.83 bits per heavy atom. The molecule has 4 rings (SSSR count). The van der Waals surface area contributed by atoms with Gasteiger partial charge in [0, 0.05) is 37.2 Å². The first-order valence-corrected chi connectivity index (χ1v) is 12.3. The maximum absolute atomic E-state index is 12.6. The monoisotopic (exact) mass is 494 g/mol. The van der Waals surface area contributed by atoms with E-state index in [0.29, 0.717) is 50.6 Å². The van der Waals surface area contributed by atoms with Crippen molar-refractivity contribution in [3.8, 4) is 11.5 Å². The van der Waals surface area contributed by atoms with Gasteiger partial charge in [0.25, 0.3) is 0 Å². The molecule has 192 valence electrons. The number of anilines is 1. The molecule has 36 heavy (non-hydrogen) atoms. The first-order valence-electron chi connectivity index (χ1n) is 12.3. The van der Waals surface area contributed by atoms with Crippen LogP contribution in [0.5, 0.6) is 11.5 Å². The van der Waals surface area contributed by atoms with Gasteiger partial charge in [-0.15, -0.1) is 0 Å². The average molecular weight is 495 g/mol. The zero-order valence-electron chi connectivity index (χ0n) is 21.2. The molecular formula is C27H34N4O5. The van der Waals surface area contributed by atoms with Gasteiger partial charge in [0.2, 0.25) is 11.8 Å². The van der Waals surface area contributed by atoms with Crippen LogP contribution in [0.3, 0.4) is 0 Å². The molecule has 0 spiro atoms. The van der Waals surface area contributed by atoms with Crippen molar-refractivity contribution in [2.75, 3.05) is 45.3 Å². The van der Waals surface area contributed by atoms with E-state index >= 15 is 0 Å². The first-order chi connectivity index (χ1) is 17.4. The van der Waals surface area contributed by atoms with Crippen LogP contribution >= 0.6 is 0 Å². The van der Waals surface area contributed by atoms with Crippen LogP contribution in [0.15, 0.2) is 47.6 Å². The number of nitrogens with zero attached hydrogens (tertiary/aromatic N) is 3. The van der Waals surface area contributed by atoms with E-state index in [-0.39, 0.29) is 17.9 Å². The quantitative estimate of drug-likeness (QED) is 0.575. The van der Waals surface area contributed by atoms with Crippen LogP contribution in [0.2, 0.25) is 0 Å². The topological polar surface area (TPSA) is 92.7 Å². The van der Waals surface area contributed by atoms with Crippen molar-refractivity contribution in [1.29, 1.82) is 0 Å². The molecule has 2 amide bonds. The van der Waals surface area contributed by atoms with Gasteiger partial charge in [0.1, 0.15) is 0 Å². The molecule has 2 aromatic carbocycles. The summed E-state index contributed by atoms with van der Waals surface area (Å²) in [6.07, 6.45) is 0.963. The number of morpholine rings is 1. The summed E-state index contributed by atoms with van der Waals surface area (Å²) in [5.41, 5.74) is 3.39. The van der Waals surface area contributed by atoms with Gasteiger partial charge in [0.05, 0.1) is 45.2 Å². The summed E-state index contributed by atoms with van der Waals surface area (Å²) in [6.45, 7) is 7.48. The number of benzene rings is 2. The third-order valence-corrected chi connectivity index (χ3v) is 6.01. The average Bonchev–Trinajstić information content (AvgIpc) is 2.86. The second-order valence-corrected chi connectivity index (χ2v) is 9.16. The highest BCUT2D eigenvalue weighted by Gasteiger charge is 2.23. The minimum atomic E-state index is -0.0505. The fourth-order valence-electron chi connectivity index (χ4n) is 4.16. The molecule has 0 bridgehead atoms. The third-order valence-electron chi connectivity index (χ3n) is 6.01. The lowest BCUT2D eigenvalue weighted by Gasteiger charge is -2.25. The van der Waals surface area contributed by atoms with Gasteiger partial charge in [0.15, 0.2) is 11.5 Å². The molecule has 9 heteroatoms. The molecule has 0 aliphatic carbocycles. The molecule has 2 aliphatic heterocycles. The Morgan fingerprint density at radius 1 is 1.08 bits per heavy atom. The predicted octanol–water partition coefficient (Wildman–Crippen LogP) is 3.28. The summed E-state index contributed by atoms with van der Waals surface area (Å²) in [6, 6.07) is 13.2. The Bertz CT molecular complexity index is 1090. The molecule has 1 fully saturated rings. The molecule has 1 N–H and O–H groups in total. The first kappa shape index (κ1) is 25.7. The van der Waals surface area contributed by atoms with E-state index in [0.717, 1.165) is 35.6 Å². The normalized spacial score (nSPS) is 16.6. The highest BCUT2D eigenvalue weighted by molar-refractivity contribution is 6.04. The fraction of sp³-hybridized carbons (Fsp3) is 0.444. The predicted molar refractivity (Wildman–Crippen MR) is 137 cm³/mol. The number of hydrogen-bond acceptors (Lipinski definition) is 7. The van der Waals surface area contributed by atoms with Crippen molar-refractivity contribution in [2.45, 2.75) is 39.3 Å². The molecule has 0 aromatic heterocycles. The second-order valence-electron chi connectivity index (χ2n) is 9.16. The molecule has 0 saturated carbocycles. The number of hydrazone groups is 1. The van der Waals surface area contributed by atoms with E-state index in [1.54, 1.807) is 7.11 Å². The smallest absolute Gasteiger partial charge is 0.243 e. The van der Waals surface area contributed by atoms with Crippen LogP contribution in [-0.4, -0.2) is 73.5 Å². The van der Waals surface area contributed by atoms with Crippen molar-refractivity contribution >= 4 is 23.2 Å². The zero-order valence-corrected chi connectivity index (χ0v) is 21.2. The van der Waals surface area contributed by atoms with E-state index in [1.165, 1.54) is 5.01 Å². The summed E-state index contributed by atoms with van der Waals surface area (Å²) in [5.74, 6) is 1.25. The molecular weight excluding hydrogens is 460 g/mol. The fourth-order valence-corrected chi connectivity index (χ4v) is 4.16. The lowest BCUT2D eigenvalue weighted by Crippen LogP contribution is -2.41. The van der Waals surface area contributed by atoms with Gasteiger partial charge < -0.3 is 19.5 Å². The number of nitrogens with one attached hydrogen (secondary N) is 1. The van der Waals surface area contributed by atoms with Gasteiger partial charge in [-0.25, -0.2) is 5.01 Å². The maximum atomic E-state index is 12.6. The molecule has 0 atom stereocenters. The molecule has 2 heterocycles. The number of carbonyl (C=O) groups is 2. The van der Waals surface area contributed by atoms with Crippen LogP contribution in [-0.2, 0) is 20.9 Å². The number of methoxy groups -OCH3 is 1. The lowest BCUT2D eigenvalue weighted by atomic mass is 10.0. The van der Waals surface area contributed by atoms with E-state index in [2.05, 4.69) is 15.3 Å². The van der Waals surface area contributed by atoms with Crippen LogP contribution in [0.25, 0.3) is 0 Å². The number of ether oxygens (including phenoxy) is 3. The van der Waals surface area contributed by atoms with E-state index < -0.39 is 0 Å². The van der Waals surface area contributed by atoms with Gasteiger partial charge >= 0.3 is 0 Å². The minimum absolute atomic E-state index is 0.00708. The Kier molecular flexibility index (Phi) is 8.56. The minimum Gasteiger partial charge on any atom is -0.493 e. The van der Waals surface area contributed by atoms with Crippen molar-refractivity contribution in [1.82, 2.24) is 9.91 Å². The summed E-state index contributed by atoms with van der Waals surface area (Å²) in [4.78, 5) is 27.0. The van der Waals surface area contributed by atoms with Crippen molar-refractivity contribution < 1.29 is 23.8 Å². The van der Waals surface area contributed by atoms with Crippen molar-refractivity contribution in [3.63, 3.8) is 0 Å². The largest absolute Gasteiger partial charge is 0.493 e. The Hall–Kier alpha value is -3.43. The van der Waals surface area contributed by atoms with Crippen molar-refractivity contribution in [3.05, 3.63) is 53.6 Å². The molecule has 2 aliphatic rings. The highest BCUT2D eigenvalue weighted by atomic mass is 16.5. The lowest BCUT2D eigenvalue weighted by molar-refractivity contribution is -0.132. The van der Waals surface area contributed by atoms with Crippen molar-refractivity contribution in [2.24, 2.45) is 5.10 Å². The Labute approximate surface area is 212 Å². The Balaban J connectivity index is 1.40. The maximum Gasteiger partial charge on any atom is 0.243 e. The van der Waals surface area contributed by atoms with Gasteiger partial charge in [-0.1, -0.05) is 12.1 Å². The standard InChI is InChI=1S/C27H34N4O5/c1-19(2)36-25-16-21(6-10-24(25)34-3)23-9-11-27(33)31(29-23)17-20-4-7-22(8-5-20)28-26(32)18-30-12-14-35-15-13-30/h4-8,10,16,19H,9,11-15,17-18H2,1-3H3,(H,28,32). The highest BCUT2D eigenvalue weighted by Crippen LogP contribution is 2.30. The molecule has 0 unspecified atom stereocenters. The summed E-state index contributed by atoms with van der Waals surface area (Å²) in [5, 5.41) is 9.10. The van der Waals surface area contributed by atoms with Gasteiger partial charge in [-0.2, -0.15) is 5.10 Å². The summed E-state index contributed by atoms with van der Waals surface area (Å²) in [7, 11) is 1.61. The number of amides is 2. The van der Waals surface area contributed by atoms with Crippen LogP contribution in [0.4, 0.5) is 5.69 Å². The molecule has 9 nitrogen and oxygen atoms in total. The molecule has 1 saturated heterocycles. The van der Waals surface area contributed by atoms with E-state index in [4.69, 9.17) is 14.2 Å². The number of rotatable bonds is 9. The van der Waals surface area contributed by atoms with Crippen LogP contribution < -0.4 is 14.8 Å². The number of carbonyl (C=O) groups excluding carboxylic acids is 2. The number of hydrogen-bond donors (Lipinski definition) is 1. The molecule has 2 aromatic rings. The second kappa shape index (κ2) is 12.0. The van der Waals surface area contributed by atoms with E-state index in [9.17, 15) is 9.59 Å².